The molecule has 2 atom stereocenters. The zero-order valence-electron chi connectivity index (χ0n) is 10.4. The summed E-state index contributed by atoms with van der Waals surface area (Å²) in [5.41, 5.74) is 4.53. The summed E-state index contributed by atoms with van der Waals surface area (Å²) in [7, 11) is 0. The molecular weight excluding hydrogens is 202 g/mol. The quantitative estimate of drug-likeness (QED) is 0.436. The summed E-state index contributed by atoms with van der Waals surface area (Å²) < 4.78 is 22.2. The molecule has 0 amide bonds. The zero-order chi connectivity index (χ0) is 14.2. The van der Waals surface area contributed by atoms with E-state index in [0.29, 0.717) is 0 Å². The molecule has 0 radical (unpaired) electrons. The number of carboxylic acid groups (broad SMARTS) is 1. The Morgan fingerprint density at radius 3 is 2.53 bits per heavy atom. The molecule has 15 heavy (non-hydrogen) atoms. The Kier molecular flexibility index (Phi) is 2.08. The Morgan fingerprint density at radius 1 is 1.40 bits per heavy atom. The summed E-state index contributed by atoms with van der Waals surface area (Å²) in [5, 5.41) is 36.8. The standard InChI is InChI=1S/C9H11NO5/c10-7(9(14)15)8(13)4-1-2-5(11)6(12)3-4/h1-3,7-8,11-13H,10H2,(H,14,15)/i1D,2D,3D. The molecule has 6 heteroatoms. The second-order valence-corrected chi connectivity index (χ2v) is 2.79. The average molecular weight is 216 g/mol. The van der Waals surface area contributed by atoms with E-state index in [1.165, 1.54) is 0 Å². The highest BCUT2D eigenvalue weighted by Crippen LogP contribution is 2.28. The van der Waals surface area contributed by atoms with Crippen LogP contribution in [-0.2, 0) is 4.79 Å². The van der Waals surface area contributed by atoms with Crippen LogP contribution in [0.4, 0.5) is 0 Å². The maximum absolute atomic E-state index is 10.6. The van der Waals surface area contributed by atoms with Crippen molar-refractivity contribution in [3.8, 4) is 11.5 Å². The van der Waals surface area contributed by atoms with Crippen LogP contribution in [0.25, 0.3) is 0 Å². The number of phenolic OH excluding ortho intramolecular Hbond substituents is 2. The van der Waals surface area contributed by atoms with Gasteiger partial charge in [-0.3, -0.25) is 4.79 Å². The third-order valence-electron chi connectivity index (χ3n) is 1.71. The van der Waals surface area contributed by atoms with Gasteiger partial charge in [-0.15, -0.1) is 0 Å². The molecule has 0 aliphatic rings. The molecule has 82 valence electrons. The van der Waals surface area contributed by atoms with E-state index in [4.69, 9.17) is 15.0 Å². The molecule has 1 aromatic carbocycles. The first-order valence-corrected chi connectivity index (χ1v) is 3.88. The summed E-state index contributed by atoms with van der Waals surface area (Å²) in [6.45, 7) is 0. The van der Waals surface area contributed by atoms with Gasteiger partial charge in [-0.05, 0) is 17.6 Å². The molecule has 0 spiro atoms. The number of hydrogen-bond donors (Lipinski definition) is 5. The Morgan fingerprint density at radius 2 is 2.00 bits per heavy atom. The van der Waals surface area contributed by atoms with E-state index in [1.807, 2.05) is 0 Å². The normalized spacial score (nSPS) is 17.3. The fraction of sp³-hybridized carbons (Fsp3) is 0.222. The van der Waals surface area contributed by atoms with Crippen LogP contribution < -0.4 is 5.73 Å². The number of carboxylic acids is 1. The zero-order valence-corrected chi connectivity index (χ0v) is 7.43. The molecule has 1 rings (SSSR count). The van der Waals surface area contributed by atoms with Gasteiger partial charge in [0.25, 0.3) is 0 Å². The molecule has 6 nitrogen and oxygen atoms in total. The van der Waals surface area contributed by atoms with Gasteiger partial charge in [-0.2, -0.15) is 0 Å². The van der Waals surface area contributed by atoms with Crippen molar-refractivity contribution in [1.29, 1.82) is 0 Å². The predicted molar refractivity (Wildman–Crippen MR) is 50.3 cm³/mol. The van der Waals surface area contributed by atoms with Crippen LogP contribution in [0.1, 0.15) is 15.8 Å². The molecule has 1 aromatic rings. The number of carbonyl (C=O) groups is 1. The van der Waals surface area contributed by atoms with Crippen LogP contribution in [0.2, 0.25) is 0 Å². The van der Waals surface area contributed by atoms with Gasteiger partial charge in [0.1, 0.15) is 12.1 Å². The molecule has 0 aliphatic carbocycles. The van der Waals surface area contributed by atoms with Crippen LogP contribution in [-0.4, -0.2) is 32.4 Å². The van der Waals surface area contributed by atoms with Crippen LogP contribution >= 0.6 is 0 Å². The van der Waals surface area contributed by atoms with E-state index in [-0.39, 0.29) is 0 Å². The van der Waals surface area contributed by atoms with Crippen molar-refractivity contribution in [2.45, 2.75) is 12.1 Å². The number of aliphatic hydroxyl groups is 1. The SMILES string of the molecule is [2H]c1c([2H])c(C(O)C(N)C(=O)O)c([2H])c(O)c1O. The first-order valence-electron chi connectivity index (χ1n) is 5.38. The number of phenols is 2. The lowest BCUT2D eigenvalue weighted by Gasteiger charge is -2.15. The highest BCUT2D eigenvalue weighted by molar-refractivity contribution is 5.74. The van der Waals surface area contributed by atoms with Gasteiger partial charge in [-0.1, -0.05) is 6.04 Å². The van der Waals surface area contributed by atoms with Gasteiger partial charge in [0, 0.05) is 0 Å². The van der Waals surface area contributed by atoms with Gasteiger partial charge in [-0.25, -0.2) is 0 Å². The molecule has 2 unspecified atom stereocenters. The third-order valence-corrected chi connectivity index (χ3v) is 1.71. The number of benzene rings is 1. The minimum absolute atomic E-state index is 0.620. The summed E-state index contributed by atoms with van der Waals surface area (Å²) in [6, 6.07) is -4.24. The van der Waals surface area contributed by atoms with Gasteiger partial charge < -0.3 is 26.2 Å². The first kappa shape index (κ1) is 7.49. The largest absolute Gasteiger partial charge is 0.504 e. The van der Waals surface area contributed by atoms with Gasteiger partial charge in [0.2, 0.25) is 0 Å². The van der Waals surface area contributed by atoms with Crippen molar-refractivity contribution in [2.24, 2.45) is 5.73 Å². The Hall–Kier alpha value is -1.79. The predicted octanol–water partition coefficient (Wildman–Crippen LogP) is -0.457. The fourth-order valence-corrected chi connectivity index (χ4v) is 0.866. The van der Waals surface area contributed by atoms with Crippen LogP contribution in [0.3, 0.4) is 0 Å². The van der Waals surface area contributed by atoms with E-state index in [0.717, 1.165) is 0 Å². The maximum atomic E-state index is 10.6. The van der Waals surface area contributed by atoms with Crippen molar-refractivity contribution in [1.82, 2.24) is 0 Å². The summed E-state index contributed by atoms with van der Waals surface area (Å²) >= 11 is 0. The fourth-order valence-electron chi connectivity index (χ4n) is 0.866. The molecular formula is C9H11NO5. The molecule has 0 saturated carbocycles. The minimum atomic E-state index is -1.95. The van der Waals surface area contributed by atoms with E-state index in [1.54, 1.807) is 0 Å². The van der Waals surface area contributed by atoms with Gasteiger partial charge >= 0.3 is 5.97 Å². The van der Waals surface area contributed by atoms with E-state index in [2.05, 4.69) is 0 Å². The molecule has 0 aliphatic heterocycles. The van der Waals surface area contributed by atoms with Crippen molar-refractivity contribution in [2.75, 3.05) is 0 Å². The summed E-state index contributed by atoms with van der Waals surface area (Å²) in [6.07, 6.45) is -1.95. The Balaban J connectivity index is 3.46. The second-order valence-electron chi connectivity index (χ2n) is 2.79. The van der Waals surface area contributed by atoms with E-state index in [9.17, 15) is 20.1 Å². The third kappa shape index (κ3) is 2.36. The summed E-state index contributed by atoms with van der Waals surface area (Å²) in [5.74, 6) is -3.56. The second kappa shape index (κ2) is 4.16. The monoisotopic (exact) mass is 216 g/mol. The Bertz CT molecular complexity index is 478. The number of aliphatic carboxylic acids is 1. The van der Waals surface area contributed by atoms with Crippen LogP contribution in [0.5, 0.6) is 11.5 Å². The Labute approximate surface area is 89.4 Å². The van der Waals surface area contributed by atoms with Crippen molar-refractivity contribution < 1.29 is 29.3 Å². The van der Waals surface area contributed by atoms with Crippen LogP contribution in [0.15, 0.2) is 18.1 Å². The molecule has 0 aromatic heterocycles. The molecule has 0 bridgehead atoms. The molecule has 0 saturated heterocycles. The minimum Gasteiger partial charge on any atom is -0.504 e. The lowest BCUT2D eigenvalue weighted by molar-refractivity contribution is -0.141. The van der Waals surface area contributed by atoms with Crippen molar-refractivity contribution >= 4 is 5.97 Å². The summed E-state index contributed by atoms with van der Waals surface area (Å²) in [4.78, 5) is 10.6. The van der Waals surface area contributed by atoms with Gasteiger partial charge in [0.05, 0.1) is 4.11 Å². The first-order chi connectivity index (χ1) is 8.20. The highest BCUT2D eigenvalue weighted by Gasteiger charge is 2.24. The average Bonchev–Trinajstić information content (AvgIpc) is 2.32. The number of aliphatic hydroxyl groups excluding tert-OH is 1. The van der Waals surface area contributed by atoms with Crippen LogP contribution in [0, 0.1) is 0 Å². The lowest BCUT2D eigenvalue weighted by atomic mass is 10.0. The smallest absolute Gasteiger partial charge is 0.323 e. The molecule has 0 heterocycles. The lowest BCUT2D eigenvalue weighted by Crippen LogP contribution is -2.36. The topological polar surface area (TPSA) is 124 Å². The number of rotatable bonds is 3. The number of aromatic hydroxyl groups is 2. The maximum Gasteiger partial charge on any atom is 0.323 e. The van der Waals surface area contributed by atoms with Crippen molar-refractivity contribution in [3.63, 3.8) is 0 Å². The van der Waals surface area contributed by atoms with E-state index < -0.39 is 53.3 Å². The molecule has 6 N–H and O–H groups in total. The number of hydrogen-bond acceptors (Lipinski definition) is 5. The molecule has 0 fully saturated rings. The number of nitrogens with two attached hydrogens (primary N) is 1. The van der Waals surface area contributed by atoms with E-state index >= 15 is 0 Å². The van der Waals surface area contributed by atoms with Crippen molar-refractivity contribution in [3.05, 3.63) is 23.7 Å². The van der Waals surface area contributed by atoms with Gasteiger partial charge in [0.15, 0.2) is 11.5 Å². The highest BCUT2D eigenvalue weighted by atomic mass is 16.4.